The summed E-state index contributed by atoms with van der Waals surface area (Å²) in [4.78, 5) is 20.9. The van der Waals surface area contributed by atoms with Crippen LogP contribution in [-0.2, 0) is 16.6 Å². The first-order valence-corrected chi connectivity index (χ1v) is 9.75. The molecule has 1 fully saturated rings. The van der Waals surface area contributed by atoms with Gasteiger partial charge >= 0.3 is 0 Å². The number of methoxy groups -OCH3 is 1. The molecule has 2 N–H and O–H groups in total. The van der Waals surface area contributed by atoms with Gasteiger partial charge in [0.1, 0.15) is 17.3 Å². The highest BCUT2D eigenvalue weighted by Gasteiger charge is 2.43. The van der Waals surface area contributed by atoms with E-state index >= 15 is 0 Å². The van der Waals surface area contributed by atoms with Crippen LogP contribution in [0.5, 0.6) is 5.75 Å². The van der Waals surface area contributed by atoms with E-state index in [9.17, 15) is 4.79 Å². The average molecular weight is 369 g/mol. The number of benzene rings is 1. The topological polar surface area (TPSA) is 76.2 Å². The van der Waals surface area contributed by atoms with E-state index in [1.807, 2.05) is 25.1 Å². The number of carbonyl (C=O) groups is 1. The van der Waals surface area contributed by atoms with Gasteiger partial charge in [0, 0.05) is 24.8 Å². The third kappa shape index (κ3) is 3.23. The van der Waals surface area contributed by atoms with Crippen molar-refractivity contribution in [3.8, 4) is 5.75 Å². The second kappa shape index (κ2) is 7.35. The van der Waals surface area contributed by atoms with Crippen molar-refractivity contribution < 1.29 is 14.3 Å². The van der Waals surface area contributed by atoms with Crippen LogP contribution in [0, 0.1) is 0 Å². The Labute approximate surface area is 159 Å². The van der Waals surface area contributed by atoms with Crippen molar-refractivity contribution in [1.82, 2.24) is 15.3 Å². The van der Waals surface area contributed by atoms with E-state index in [2.05, 4.69) is 16.4 Å². The van der Waals surface area contributed by atoms with Crippen LogP contribution >= 0.6 is 0 Å². The Kier molecular flexibility index (Phi) is 4.91. The van der Waals surface area contributed by atoms with Gasteiger partial charge in [-0.15, -0.1) is 0 Å². The molecule has 2 heterocycles. The van der Waals surface area contributed by atoms with Crippen LogP contribution in [0.2, 0.25) is 0 Å². The van der Waals surface area contributed by atoms with E-state index < -0.39 is 0 Å². The van der Waals surface area contributed by atoms with Crippen molar-refractivity contribution in [2.45, 2.75) is 43.9 Å². The van der Waals surface area contributed by atoms with Crippen LogP contribution in [0.15, 0.2) is 24.3 Å². The number of para-hydroxylation sites is 1. The standard InChI is InChI=1S/C21H27N3O3/c1-3-27-13-21(9-6-10-21)20-23-16-11-14(12-22-19(25)18(16)24-20)15-7-4-5-8-17(15)26-2/h4-5,7-8,14H,3,6,9-13H2,1-2H3,(H,22,25)(H,23,24)/t14-/m0/s1. The second-order valence-electron chi connectivity index (χ2n) is 7.54. The van der Waals surface area contributed by atoms with Crippen LogP contribution in [-0.4, -0.2) is 42.7 Å². The van der Waals surface area contributed by atoms with Crippen LogP contribution in [0.25, 0.3) is 0 Å². The Bertz CT molecular complexity index is 826. The van der Waals surface area contributed by atoms with Crippen molar-refractivity contribution in [1.29, 1.82) is 0 Å². The van der Waals surface area contributed by atoms with Crippen LogP contribution < -0.4 is 10.1 Å². The third-order valence-corrected chi connectivity index (χ3v) is 5.93. The van der Waals surface area contributed by atoms with Crippen molar-refractivity contribution >= 4 is 5.91 Å². The van der Waals surface area contributed by atoms with Crippen LogP contribution in [0.3, 0.4) is 0 Å². The molecule has 27 heavy (non-hydrogen) atoms. The lowest BCUT2D eigenvalue weighted by atomic mass is 9.69. The molecule has 6 heteroatoms. The minimum Gasteiger partial charge on any atom is -0.496 e. The number of aromatic amines is 1. The Morgan fingerprint density at radius 3 is 2.81 bits per heavy atom. The molecule has 1 aliphatic heterocycles. The highest BCUT2D eigenvalue weighted by atomic mass is 16.5. The summed E-state index contributed by atoms with van der Waals surface area (Å²) >= 11 is 0. The van der Waals surface area contributed by atoms with Gasteiger partial charge in [0.2, 0.25) is 0 Å². The number of fused-ring (bicyclic) bond motifs is 1. The van der Waals surface area contributed by atoms with Gasteiger partial charge in [-0.3, -0.25) is 4.79 Å². The lowest BCUT2D eigenvalue weighted by Crippen LogP contribution is -2.40. The highest BCUT2D eigenvalue weighted by molar-refractivity contribution is 5.94. The Hall–Kier alpha value is -2.34. The van der Waals surface area contributed by atoms with Gasteiger partial charge in [-0.25, -0.2) is 4.98 Å². The summed E-state index contributed by atoms with van der Waals surface area (Å²) in [6.45, 7) is 3.93. The summed E-state index contributed by atoms with van der Waals surface area (Å²) in [6.07, 6.45) is 4.01. The summed E-state index contributed by atoms with van der Waals surface area (Å²) in [5.41, 5.74) is 2.49. The van der Waals surface area contributed by atoms with Gasteiger partial charge in [0.25, 0.3) is 5.91 Å². The number of imidazole rings is 1. The molecule has 0 saturated heterocycles. The zero-order chi connectivity index (χ0) is 18.9. The molecular formula is C21H27N3O3. The largest absolute Gasteiger partial charge is 0.496 e. The van der Waals surface area contributed by atoms with Gasteiger partial charge in [-0.1, -0.05) is 24.6 Å². The molecule has 6 nitrogen and oxygen atoms in total. The van der Waals surface area contributed by atoms with E-state index in [-0.39, 0.29) is 17.2 Å². The van der Waals surface area contributed by atoms with E-state index in [0.29, 0.717) is 25.5 Å². The zero-order valence-corrected chi connectivity index (χ0v) is 16.0. The molecule has 0 bridgehead atoms. The van der Waals surface area contributed by atoms with E-state index in [4.69, 9.17) is 14.5 Å². The number of hydrogen-bond donors (Lipinski definition) is 2. The fourth-order valence-corrected chi connectivity index (χ4v) is 4.19. The number of H-pyrrole nitrogens is 1. The molecule has 2 aromatic rings. The summed E-state index contributed by atoms with van der Waals surface area (Å²) < 4.78 is 11.3. The Morgan fingerprint density at radius 1 is 1.30 bits per heavy atom. The normalized spacial score (nSPS) is 21.0. The summed E-state index contributed by atoms with van der Waals surface area (Å²) in [7, 11) is 1.68. The van der Waals surface area contributed by atoms with Crippen molar-refractivity contribution in [3.63, 3.8) is 0 Å². The maximum Gasteiger partial charge on any atom is 0.271 e. The highest BCUT2D eigenvalue weighted by Crippen LogP contribution is 2.43. The molecule has 1 aliphatic carbocycles. The minimum atomic E-state index is -0.101. The SMILES string of the molecule is CCOCC1(c2nc3c([nH]2)C[C@H](c2ccccc2OC)CNC3=O)CCC1. The lowest BCUT2D eigenvalue weighted by molar-refractivity contribution is 0.0475. The van der Waals surface area contributed by atoms with E-state index in [1.54, 1.807) is 7.11 Å². The summed E-state index contributed by atoms with van der Waals surface area (Å²) in [6, 6.07) is 8.01. The number of nitrogens with zero attached hydrogens (tertiary/aromatic N) is 1. The maximum atomic E-state index is 12.6. The van der Waals surface area contributed by atoms with Crippen LogP contribution in [0.1, 0.15) is 59.7 Å². The molecule has 1 saturated carbocycles. The molecule has 144 valence electrons. The molecule has 1 amide bonds. The predicted octanol–water partition coefficient (Wildman–Crippen LogP) is 2.95. The number of carbonyl (C=O) groups excluding carboxylic acids is 1. The molecule has 0 spiro atoms. The van der Waals surface area contributed by atoms with Crippen molar-refractivity contribution in [2.24, 2.45) is 0 Å². The Morgan fingerprint density at radius 2 is 2.11 bits per heavy atom. The number of ether oxygens (including phenoxy) is 2. The van der Waals surface area contributed by atoms with Gasteiger partial charge in [-0.05, 0) is 37.8 Å². The minimum absolute atomic E-state index is 0.0670. The maximum absolute atomic E-state index is 12.6. The number of amides is 1. The second-order valence-corrected chi connectivity index (χ2v) is 7.54. The van der Waals surface area contributed by atoms with E-state index in [1.165, 1.54) is 6.42 Å². The quantitative estimate of drug-likeness (QED) is 0.821. The van der Waals surface area contributed by atoms with Crippen LogP contribution in [0.4, 0.5) is 0 Å². The van der Waals surface area contributed by atoms with Gasteiger partial charge in [0.05, 0.1) is 19.1 Å². The molecule has 2 aliphatic rings. The number of nitrogens with one attached hydrogen (secondary N) is 2. The molecule has 0 unspecified atom stereocenters. The number of hydrogen-bond acceptors (Lipinski definition) is 4. The van der Waals surface area contributed by atoms with Gasteiger partial charge < -0.3 is 19.8 Å². The molecule has 0 radical (unpaired) electrons. The lowest BCUT2D eigenvalue weighted by Gasteiger charge is -2.39. The first kappa shape index (κ1) is 18.0. The molecular weight excluding hydrogens is 342 g/mol. The third-order valence-electron chi connectivity index (χ3n) is 5.93. The van der Waals surface area contributed by atoms with Crippen molar-refractivity contribution in [3.05, 3.63) is 47.0 Å². The summed E-state index contributed by atoms with van der Waals surface area (Å²) in [5.74, 6) is 1.80. The number of aromatic nitrogens is 2. The van der Waals surface area contributed by atoms with Crippen molar-refractivity contribution in [2.75, 3.05) is 26.9 Å². The average Bonchev–Trinajstić information content (AvgIpc) is 3.01. The number of rotatable bonds is 6. The Balaban J connectivity index is 1.65. The summed E-state index contributed by atoms with van der Waals surface area (Å²) in [5, 5.41) is 3.04. The van der Waals surface area contributed by atoms with Gasteiger partial charge in [-0.2, -0.15) is 0 Å². The monoisotopic (exact) mass is 369 g/mol. The molecule has 1 aromatic heterocycles. The first-order chi connectivity index (χ1) is 13.2. The fourth-order valence-electron chi connectivity index (χ4n) is 4.19. The first-order valence-electron chi connectivity index (χ1n) is 9.75. The predicted molar refractivity (Wildman–Crippen MR) is 102 cm³/mol. The van der Waals surface area contributed by atoms with E-state index in [0.717, 1.165) is 42.1 Å². The molecule has 4 rings (SSSR count). The molecule has 1 atom stereocenters. The molecule has 1 aromatic carbocycles. The zero-order valence-electron chi connectivity index (χ0n) is 16.0. The fraction of sp³-hybridized carbons (Fsp3) is 0.524. The van der Waals surface area contributed by atoms with Gasteiger partial charge in [0.15, 0.2) is 0 Å². The smallest absolute Gasteiger partial charge is 0.271 e.